The standard InChI is InChI=1S/C5H10INOS/c1-7-3-2-5(4-7)8-9-6/h5H,2-4H2,1H3. The van der Waals surface area contributed by atoms with E-state index in [0.717, 1.165) is 6.54 Å². The SMILES string of the molecule is CN1CCC(OSI)C1. The molecule has 0 aromatic carbocycles. The quantitative estimate of drug-likeness (QED) is 0.553. The second-order valence-corrected chi connectivity index (χ2v) is 3.73. The van der Waals surface area contributed by atoms with E-state index in [0.29, 0.717) is 6.10 Å². The lowest BCUT2D eigenvalue weighted by Crippen LogP contribution is -2.16. The molecule has 0 saturated carbocycles. The summed E-state index contributed by atoms with van der Waals surface area (Å²) in [4.78, 5) is 2.29. The highest BCUT2D eigenvalue weighted by Gasteiger charge is 2.19. The first-order chi connectivity index (χ1) is 4.33. The molecule has 0 radical (unpaired) electrons. The molecule has 1 heterocycles. The van der Waals surface area contributed by atoms with Crippen molar-refractivity contribution in [2.75, 3.05) is 20.1 Å². The van der Waals surface area contributed by atoms with Crippen molar-refractivity contribution in [1.29, 1.82) is 0 Å². The van der Waals surface area contributed by atoms with Crippen LogP contribution in [-0.2, 0) is 4.18 Å². The van der Waals surface area contributed by atoms with Crippen LogP contribution < -0.4 is 0 Å². The van der Waals surface area contributed by atoms with Crippen molar-refractivity contribution in [3.8, 4) is 0 Å². The molecule has 1 atom stereocenters. The number of hydrogen-bond acceptors (Lipinski definition) is 3. The lowest BCUT2D eigenvalue weighted by Gasteiger charge is -2.06. The van der Waals surface area contributed by atoms with E-state index in [1.165, 1.54) is 22.2 Å². The predicted octanol–water partition coefficient (Wildman–Crippen LogP) is 1.71. The van der Waals surface area contributed by atoms with Crippen molar-refractivity contribution in [3.63, 3.8) is 0 Å². The van der Waals surface area contributed by atoms with Crippen LogP contribution in [-0.4, -0.2) is 31.1 Å². The van der Waals surface area contributed by atoms with Crippen LogP contribution in [0.25, 0.3) is 0 Å². The van der Waals surface area contributed by atoms with Gasteiger partial charge in [0.2, 0.25) is 0 Å². The Morgan fingerprint density at radius 2 is 2.56 bits per heavy atom. The Bertz CT molecular complexity index is 91.0. The Labute approximate surface area is 72.1 Å². The zero-order chi connectivity index (χ0) is 6.69. The first-order valence-electron chi connectivity index (χ1n) is 2.95. The monoisotopic (exact) mass is 259 g/mol. The predicted molar refractivity (Wildman–Crippen MR) is 48.6 cm³/mol. The van der Waals surface area contributed by atoms with Crippen molar-refractivity contribution in [2.24, 2.45) is 0 Å². The van der Waals surface area contributed by atoms with E-state index in [1.54, 1.807) is 0 Å². The molecule has 0 bridgehead atoms. The molecular formula is C5H10INOS. The summed E-state index contributed by atoms with van der Waals surface area (Å²) in [6.07, 6.45) is 1.66. The van der Waals surface area contributed by atoms with Gasteiger partial charge >= 0.3 is 0 Å². The fourth-order valence-corrected chi connectivity index (χ4v) is 2.17. The van der Waals surface area contributed by atoms with Gasteiger partial charge in [-0.15, -0.1) is 0 Å². The Balaban J connectivity index is 2.14. The van der Waals surface area contributed by atoms with Gasteiger partial charge in [-0.2, -0.15) is 0 Å². The first kappa shape index (κ1) is 8.10. The van der Waals surface area contributed by atoms with Crippen molar-refractivity contribution in [3.05, 3.63) is 0 Å². The Morgan fingerprint density at radius 3 is 3.00 bits per heavy atom. The third-order valence-electron chi connectivity index (χ3n) is 1.52. The molecule has 1 aliphatic rings. The highest BCUT2D eigenvalue weighted by atomic mass is 127. The van der Waals surface area contributed by atoms with E-state index < -0.39 is 0 Å². The van der Waals surface area contributed by atoms with Gasteiger partial charge in [0.15, 0.2) is 0 Å². The number of likely N-dealkylation sites (tertiary alicyclic amines) is 1. The fourth-order valence-electron chi connectivity index (χ4n) is 1.02. The molecule has 1 saturated heterocycles. The minimum atomic E-state index is 0.469. The maximum Gasteiger partial charge on any atom is 0.0870 e. The second kappa shape index (κ2) is 4.00. The van der Waals surface area contributed by atoms with Gasteiger partial charge in [-0.25, -0.2) is 0 Å². The third kappa shape index (κ3) is 2.61. The molecule has 1 rings (SSSR count). The van der Waals surface area contributed by atoms with Gasteiger partial charge in [0.05, 0.1) is 15.3 Å². The van der Waals surface area contributed by atoms with E-state index >= 15 is 0 Å². The van der Waals surface area contributed by atoms with Crippen LogP contribution in [0.3, 0.4) is 0 Å². The molecule has 0 aromatic heterocycles. The highest BCUT2D eigenvalue weighted by molar-refractivity contribution is 14.2. The molecule has 4 heteroatoms. The minimum Gasteiger partial charge on any atom is -0.304 e. The molecule has 0 spiro atoms. The number of rotatable bonds is 2. The molecule has 1 aliphatic heterocycles. The van der Waals surface area contributed by atoms with Crippen molar-refractivity contribution in [1.82, 2.24) is 4.90 Å². The maximum atomic E-state index is 5.33. The van der Waals surface area contributed by atoms with Crippen molar-refractivity contribution < 1.29 is 4.18 Å². The second-order valence-electron chi connectivity index (χ2n) is 2.33. The van der Waals surface area contributed by atoms with E-state index in [2.05, 4.69) is 33.2 Å². The first-order valence-corrected chi connectivity index (χ1v) is 6.24. The molecule has 2 nitrogen and oxygen atoms in total. The normalized spacial score (nSPS) is 29.3. The van der Waals surface area contributed by atoms with Crippen LogP contribution in [0.1, 0.15) is 6.42 Å². The van der Waals surface area contributed by atoms with Crippen molar-refractivity contribution >= 4 is 30.4 Å². The highest BCUT2D eigenvalue weighted by Crippen LogP contribution is 2.21. The summed E-state index contributed by atoms with van der Waals surface area (Å²) >= 11 is 2.16. The van der Waals surface area contributed by atoms with Crippen molar-refractivity contribution in [2.45, 2.75) is 12.5 Å². The van der Waals surface area contributed by atoms with Crippen LogP contribution in [0.5, 0.6) is 0 Å². The van der Waals surface area contributed by atoms with E-state index in [-0.39, 0.29) is 0 Å². The van der Waals surface area contributed by atoms with Crippen LogP contribution in [0, 0.1) is 0 Å². The van der Waals surface area contributed by atoms with Gasteiger partial charge in [0.25, 0.3) is 0 Å². The lowest BCUT2D eigenvalue weighted by atomic mass is 10.3. The molecule has 9 heavy (non-hydrogen) atoms. The molecule has 0 aliphatic carbocycles. The van der Waals surface area contributed by atoms with E-state index in [4.69, 9.17) is 4.18 Å². The Morgan fingerprint density at radius 1 is 1.78 bits per heavy atom. The number of nitrogens with zero attached hydrogens (tertiary/aromatic N) is 1. The van der Waals surface area contributed by atoms with Gasteiger partial charge in [-0.05, 0) is 13.5 Å². The summed E-state index contributed by atoms with van der Waals surface area (Å²) in [6.45, 7) is 2.28. The third-order valence-corrected chi connectivity index (χ3v) is 2.49. The Hall–Kier alpha value is 1.00. The van der Waals surface area contributed by atoms with Crippen LogP contribution >= 0.6 is 30.4 Å². The van der Waals surface area contributed by atoms with E-state index in [9.17, 15) is 0 Å². The Kier molecular flexibility index (Phi) is 3.60. The molecule has 1 unspecified atom stereocenters. The molecule has 0 amide bonds. The summed E-state index contributed by atoms with van der Waals surface area (Å²) in [5, 5.41) is 0. The average molecular weight is 259 g/mol. The molecule has 0 N–H and O–H groups in total. The zero-order valence-electron chi connectivity index (χ0n) is 5.34. The fraction of sp³-hybridized carbons (Fsp3) is 1.00. The van der Waals surface area contributed by atoms with Gasteiger partial charge in [-0.1, -0.05) is 0 Å². The van der Waals surface area contributed by atoms with Crippen LogP contribution in [0.15, 0.2) is 0 Å². The topological polar surface area (TPSA) is 12.5 Å². The summed E-state index contributed by atoms with van der Waals surface area (Å²) < 4.78 is 5.33. The summed E-state index contributed by atoms with van der Waals surface area (Å²) in [6, 6.07) is 0. The van der Waals surface area contributed by atoms with Gasteiger partial charge in [0, 0.05) is 34.3 Å². The largest absolute Gasteiger partial charge is 0.304 e. The average Bonchev–Trinajstić information content (AvgIpc) is 2.17. The summed E-state index contributed by atoms with van der Waals surface area (Å²) in [7, 11) is 3.57. The smallest absolute Gasteiger partial charge is 0.0870 e. The van der Waals surface area contributed by atoms with Gasteiger partial charge in [0.1, 0.15) is 0 Å². The minimum absolute atomic E-state index is 0.469. The van der Waals surface area contributed by atoms with Crippen LogP contribution in [0.4, 0.5) is 0 Å². The summed E-state index contributed by atoms with van der Waals surface area (Å²) in [5.41, 5.74) is 0. The maximum absolute atomic E-state index is 5.33. The molecule has 0 aromatic rings. The van der Waals surface area contributed by atoms with Gasteiger partial charge < -0.3 is 9.08 Å². The van der Waals surface area contributed by atoms with Gasteiger partial charge in [-0.3, -0.25) is 0 Å². The van der Waals surface area contributed by atoms with E-state index in [1.807, 2.05) is 0 Å². The summed E-state index contributed by atoms with van der Waals surface area (Å²) in [5.74, 6) is 0. The number of likely N-dealkylation sites (N-methyl/N-ethyl adjacent to an activating group) is 1. The zero-order valence-corrected chi connectivity index (χ0v) is 8.31. The van der Waals surface area contributed by atoms with Crippen LogP contribution in [0.2, 0.25) is 0 Å². The lowest BCUT2D eigenvalue weighted by molar-refractivity contribution is 0.250. The molecule has 54 valence electrons. The number of hydrogen-bond donors (Lipinski definition) is 0. The number of halogens is 1. The molecular weight excluding hydrogens is 249 g/mol. The molecule has 1 fully saturated rings.